The van der Waals surface area contributed by atoms with Crippen LogP contribution in [0.3, 0.4) is 0 Å². The number of amides is 1. The van der Waals surface area contributed by atoms with E-state index in [1.165, 1.54) is 4.31 Å². The second kappa shape index (κ2) is 9.03. The first kappa shape index (κ1) is 20.1. The number of carbonyl (C=O) groups excluding carboxylic acids is 1. The standard InChI is InChI=1S/C19H29N3O4S/c1-2-26-17-3-5-18(6-4-17)27(24,25)22-13-9-15(10-14-22)19(23)21-16-7-11-20-12-8-16/h3-6,15-16,20H,2,7-14H2,1H3,(H,21,23). The molecular formula is C19H29N3O4S. The van der Waals surface area contributed by atoms with Gasteiger partial charge in [-0.3, -0.25) is 4.79 Å². The van der Waals surface area contributed by atoms with Gasteiger partial charge in [0.05, 0.1) is 11.5 Å². The molecule has 2 aliphatic heterocycles. The van der Waals surface area contributed by atoms with Crippen molar-refractivity contribution in [2.24, 2.45) is 5.92 Å². The summed E-state index contributed by atoms with van der Waals surface area (Å²) < 4.78 is 32.5. The van der Waals surface area contributed by atoms with Gasteiger partial charge in [0.1, 0.15) is 5.75 Å². The van der Waals surface area contributed by atoms with Crippen molar-refractivity contribution in [2.45, 2.75) is 43.5 Å². The molecule has 0 saturated carbocycles. The quantitative estimate of drug-likeness (QED) is 0.759. The van der Waals surface area contributed by atoms with E-state index in [1.807, 2.05) is 6.92 Å². The first-order valence-electron chi connectivity index (χ1n) is 9.75. The van der Waals surface area contributed by atoms with E-state index >= 15 is 0 Å². The van der Waals surface area contributed by atoms with Gasteiger partial charge >= 0.3 is 0 Å². The molecule has 3 rings (SSSR count). The zero-order chi connectivity index (χ0) is 19.3. The molecule has 0 aromatic heterocycles. The lowest BCUT2D eigenvalue weighted by atomic mass is 9.96. The lowest BCUT2D eigenvalue weighted by Gasteiger charge is -2.32. The molecule has 150 valence electrons. The Kier molecular flexibility index (Phi) is 6.73. The van der Waals surface area contributed by atoms with E-state index in [4.69, 9.17) is 4.74 Å². The van der Waals surface area contributed by atoms with E-state index in [2.05, 4.69) is 10.6 Å². The minimum absolute atomic E-state index is 0.0695. The Morgan fingerprint density at radius 2 is 1.78 bits per heavy atom. The molecule has 2 saturated heterocycles. The summed E-state index contributed by atoms with van der Waals surface area (Å²) in [4.78, 5) is 12.7. The molecule has 0 radical (unpaired) electrons. The average Bonchev–Trinajstić information content (AvgIpc) is 2.69. The van der Waals surface area contributed by atoms with Crippen molar-refractivity contribution in [3.63, 3.8) is 0 Å². The van der Waals surface area contributed by atoms with Crippen molar-refractivity contribution >= 4 is 15.9 Å². The Labute approximate surface area is 161 Å². The first-order valence-corrected chi connectivity index (χ1v) is 11.2. The van der Waals surface area contributed by atoms with Gasteiger partial charge in [-0.15, -0.1) is 0 Å². The number of nitrogens with zero attached hydrogens (tertiary/aromatic N) is 1. The van der Waals surface area contributed by atoms with Crippen molar-refractivity contribution in [2.75, 3.05) is 32.8 Å². The topological polar surface area (TPSA) is 87.7 Å². The molecule has 0 atom stereocenters. The van der Waals surface area contributed by atoms with Gasteiger partial charge < -0.3 is 15.4 Å². The summed E-state index contributed by atoms with van der Waals surface area (Å²) in [5, 5.41) is 6.41. The van der Waals surface area contributed by atoms with Gasteiger partial charge in [0, 0.05) is 25.0 Å². The molecule has 2 N–H and O–H groups in total. The molecule has 0 spiro atoms. The Bertz CT molecular complexity index is 722. The third-order valence-corrected chi connectivity index (χ3v) is 7.20. The molecule has 0 aliphatic carbocycles. The fourth-order valence-electron chi connectivity index (χ4n) is 3.67. The summed E-state index contributed by atoms with van der Waals surface area (Å²) in [6.07, 6.45) is 3.04. The maximum absolute atomic E-state index is 12.8. The molecular weight excluding hydrogens is 366 g/mol. The highest BCUT2D eigenvalue weighted by atomic mass is 32.2. The van der Waals surface area contributed by atoms with E-state index in [1.54, 1.807) is 24.3 Å². The van der Waals surface area contributed by atoms with Crippen LogP contribution in [0.5, 0.6) is 5.75 Å². The highest BCUT2D eigenvalue weighted by molar-refractivity contribution is 7.89. The molecule has 1 aromatic carbocycles. The minimum Gasteiger partial charge on any atom is -0.494 e. The number of piperidine rings is 2. The van der Waals surface area contributed by atoms with Crippen LogP contribution in [0.2, 0.25) is 0 Å². The predicted molar refractivity (Wildman–Crippen MR) is 103 cm³/mol. The Balaban J connectivity index is 1.55. The maximum atomic E-state index is 12.8. The predicted octanol–water partition coefficient (Wildman–Crippen LogP) is 1.35. The molecule has 8 heteroatoms. The number of carbonyl (C=O) groups is 1. The van der Waals surface area contributed by atoms with Crippen LogP contribution in [0.15, 0.2) is 29.2 Å². The zero-order valence-electron chi connectivity index (χ0n) is 15.8. The van der Waals surface area contributed by atoms with Crippen molar-refractivity contribution < 1.29 is 17.9 Å². The molecule has 0 unspecified atom stereocenters. The third kappa shape index (κ3) is 5.00. The Morgan fingerprint density at radius 1 is 1.15 bits per heavy atom. The fourth-order valence-corrected chi connectivity index (χ4v) is 5.14. The smallest absolute Gasteiger partial charge is 0.243 e. The maximum Gasteiger partial charge on any atom is 0.243 e. The van der Waals surface area contributed by atoms with Gasteiger partial charge in [0.25, 0.3) is 0 Å². The molecule has 2 fully saturated rings. The lowest BCUT2D eigenvalue weighted by Crippen LogP contribution is -2.47. The van der Waals surface area contributed by atoms with E-state index in [-0.39, 0.29) is 22.8 Å². The van der Waals surface area contributed by atoms with E-state index in [0.29, 0.717) is 38.3 Å². The van der Waals surface area contributed by atoms with Crippen molar-refractivity contribution in [3.05, 3.63) is 24.3 Å². The molecule has 0 bridgehead atoms. The van der Waals surface area contributed by atoms with Crippen LogP contribution in [-0.2, 0) is 14.8 Å². The van der Waals surface area contributed by atoms with Gasteiger partial charge in [0.2, 0.25) is 15.9 Å². The SMILES string of the molecule is CCOc1ccc(S(=O)(=O)N2CCC(C(=O)NC3CCNCC3)CC2)cc1. The summed E-state index contributed by atoms with van der Waals surface area (Å²) in [5.41, 5.74) is 0. The zero-order valence-corrected chi connectivity index (χ0v) is 16.6. The van der Waals surface area contributed by atoms with E-state index in [9.17, 15) is 13.2 Å². The highest BCUT2D eigenvalue weighted by Gasteiger charge is 2.32. The van der Waals surface area contributed by atoms with Crippen LogP contribution >= 0.6 is 0 Å². The van der Waals surface area contributed by atoms with Crippen LogP contribution in [0.4, 0.5) is 0 Å². The van der Waals surface area contributed by atoms with Gasteiger partial charge in [-0.25, -0.2) is 8.42 Å². The highest BCUT2D eigenvalue weighted by Crippen LogP contribution is 2.25. The number of ether oxygens (including phenoxy) is 1. The monoisotopic (exact) mass is 395 g/mol. The second-order valence-electron chi connectivity index (χ2n) is 7.12. The second-order valence-corrected chi connectivity index (χ2v) is 9.05. The molecule has 1 aromatic rings. The summed E-state index contributed by atoms with van der Waals surface area (Å²) >= 11 is 0. The average molecular weight is 396 g/mol. The summed E-state index contributed by atoms with van der Waals surface area (Å²) in [6.45, 7) is 5.04. The molecule has 27 heavy (non-hydrogen) atoms. The van der Waals surface area contributed by atoms with E-state index in [0.717, 1.165) is 25.9 Å². The number of sulfonamides is 1. The molecule has 2 heterocycles. The fraction of sp³-hybridized carbons (Fsp3) is 0.632. The lowest BCUT2D eigenvalue weighted by molar-refractivity contribution is -0.127. The van der Waals surface area contributed by atoms with Gasteiger partial charge in [-0.05, 0) is 70.0 Å². The number of hydrogen-bond acceptors (Lipinski definition) is 5. The van der Waals surface area contributed by atoms with Gasteiger partial charge in [0.15, 0.2) is 0 Å². The molecule has 7 nitrogen and oxygen atoms in total. The summed E-state index contributed by atoms with van der Waals surface area (Å²) in [5.74, 6) is 0.622. The Hall–Kier alpha value is -1.64. The van der Waals surface area contributed by atoms with Gasteiger partial charge in [-0.1, -0.05) is 0 Å². The van der Waals surface area contributed by atoms with Crippen molar-refractivity contribution in [1.29, 1.82) is 0 Å². The minimum atomic E-state index is -3.53. The molecule has 1 amide bonds. The number of rotatable bonds is 6. The van der Waals surface area contributed by atoms with Crippen LogP contribution < -0.4 is 15.4 Å². The van der Waals surface area contributed by atoms with Crippen molar-refractivity contribution in [3.8, 4) is 5.75 Å². The van der Waals surface area contributed by atoms with Crippen LogP contribution in [-0.4, -0.2) is 57.5 Å². The number of hydrogen-bond donors (Lipinski definition) is 2. The number of benzene rings is 1. The third-order valence-electron chi connectivity index (χ3n) is 5.28. The van der Waals surface area contributed by atoms with E-state index < -0.39 is 10.0 Å². The normalized spacial score (nSPS) is 20.3. The number of nitrogens with one attached hydrogen (secondary N) is 2. The summed E-state index contributed by atoms with van der Waals surface area (Å²) in [7, 11) is -3.53. The van der Waals surface area contributed by atoms with Crippen LogP contribution in [0.25, 0.3) is 0 Å². The largest absolute Gasteiger partial charge is 0.494 e. The van der Waals surface area contributed by atoms with Crippen LogP contribution in [0, 0.1) is 5.92 Å². The summed E-state index contributed by atoms with van der Waals surface area (Å²) in [6, 6.07) is 6.75. The van der Waals surface area contributed by atoms with Gasteiger partial charge in [-0.2, -0.15) is 4.31 Å². The molecule has 2 aliphatic rings. The van der Waals surface area contributed by atoms with Crippen molar-refractivity contribution in [1.82, 2.24) is 14.9 Å². The van der Waals surface area contributed by atoms with Crippen LogP contribution in [0.1, 0.15) is 32.6 Å². The Morgan fingerprint density at radius 3 is 2.37 bits per heavy atom. The first-order chi connectivity index (χ1) is 13.0.